The van der Waals surface area contributed by atoms with Crippen molar-refractivity contribution in [2.24, 2.45) is 0 Å². The van der Waals surface area contributed by atoms with Crippen LogP contribution in [-0.2, 0) is 17.6 Å². The van der Waals surface area contributed by atoms with Crippen molar-refractivity contribution in [1.29, 1.82) is 0 Å². The minimum Gasteiger partial charge on any atom is -0.464 e. The maximum absolute atomic E-state index is 12.1. The van der Waals surface area contributed by atoms with Crippen LogP contribution in [0.15, 0.2) is 16.5 Å². The lowest BCUT2D eigenvalue weighted by atomic mass is 10.2. The number of amides is 2. The summed E-state index contributed by atoms with van der Waals surface area (Å²) < 4.78 is 10.8. The summed E-state index contributed by atoms with van der Waals surface area (Å²) in [7, 11) is 1.58. The molecule has 2 aromatic rings. The lowest BCUT2D eigenvalue weighted by Crippen LogP contribution is -2.34. The molecule has 22 heavy (non-hydrogen) atoms. The molecule has 2 N–H and O–H groups in total. The number of ether oxygens (including phenoxy) is 1. The zero-order chi connectivity index (χ0) is 15.9. The third-order valence-electron chi connectivity index (χ3n) is 3.00. The highest BCUT2D eigenvalue weighted by Gasteiger charge is 2.19. The molecule has 0 aliphatic heterocycles. The van der Waals surface area contributed by atoms with Gasteiger partial charge in [0.25, 0.3) is 0 Å². The summed E-state index contributed by atoms with van der Waals surface area (Å²) in [6.45, 7) is 4.32. The number of aromatic nitrogens is 2. The highest BCUT2D eigenvalue weighted by atomic mass is 32.1. The van der Waals surface area contributed by atoms with E-state index in [1.165, 1.54) is 11.3 Å². The molecule has 0 aliphatic rings. The predicted molar refractivity (Wildman–Crippen MR) is 84.1 cm³/mol. The van der Waals surface area contributed by atoms with Crippen molar-refractivity contribution in [2.75, 3.05) is 19.0 Å². The van der Waals surface area contributed by atoms with E-state index >= 15 is 0 Å². The standard InChI is InChI=1S/C14H20N4O3S/c1-4-9-6-7-11(21-9)10(8-20-3)15-13(19)16-14-18-17-12(5-2)22-14/h6-7,10H,4-5,8H2,1-3H3,(H2,15,16,18,19)/t10-/m1/s1. The quantitative estimate of drug-likeness (QED) is 0.817. The lowest BCUT2D eigenvalue weighted by Gasteiger charge is -2.15. The number of aryl methyl sites for hydroxylation is 2. The van der Waals surface area contributed by atoms with Crippen molar-refractivity contribution >= 4 is 22.5 Å². The van der Waals surface area contributed by atoms with Gasteiger partial charge >= 0.3 is 6.03 Å². The molecule has 2 amide bonds. The van der Waals surface area contributed by atoms with Gasteiger partial charge in [-0.05, 0) is 18.6 Å². The topological polar surface area (TPSA) is 89.3 Å². The Balaban J connectivity index is 1.98. The van der Waals surface area contributed by atoms with E-state index < -0.39 is 0 Å². The van der Waals surface area contributed by atoms with E-state index in [0.29, 0.717) is 17.5 Å². The van der Waals surface area contributed by atoms with Crippen molar-refractivity contribution in [3.05, 3.63) is 28.7 Å². The molecule has 0 unspecified atom stereocenters. The first-order valence-electron chi connectivity index (χ1n) is 7.13. The average Bonchev–Trinajstić information content (AvgIpc) is 3.15. The first kappa shape index (κ1) is 16.4. The number of carbonyl (C=O) groups excluding carboxylic acids is 1. The largest absolute Gasteiger partial charge is 0.464 e. The van der Waals surface area contributed by atoms with Crippen LogP contribution < -0.4 is 10.6 Å². The highest BCUT2D eigenvalue weighted by molar-refractivity contribution is 7.15. The van der Waals surface area contributed by atoms with Gasteiger partial charge in [0.05, 0.1) is 6.61 Å². The fraction of sp³-hybridized carbons (Fsp3) is 0.500. The van der Waals surface area contributed by atoms with E-state index in [4.69, 9.17) is 9.15 Å². The first-order chi connectivity index (χ1) is 10.7. The van der Waals surface area contributed by atoms with Gasteiger partial charge in [-0.3, -0.25) is 5.32 Å². The predicted octanol–water partition coefficient (Wildman–Crippen LogP) is 2.77. The summed E-state index contributed by atoms with van der Waals surface area (Å²) in [5, 5.41) is 14.7. The number of rotatable bonds is 7. The van der Waals surface area contributed by atoms with Crippen LogP contribution in [-0.4, -0.2) is 29.9 Å². The van der Waals surface area contributed by atoms with Gasteiger partial charge in [0.1, 0.15) is 22.6 Å². The summed E-state index contributed by atoms with van der Waals surface area (Å²) in [5.74, 6) is 1.54. The molecule has 0 saturated carbocycles. The van der Waals surface area contributed by atoms with E-state index in [-0.39, 0.29) is 12.1 Å². The summed E-state index contributed by atoms with van der Waals surface area (Å²) in [6, 6.07) is 3.03. The van der Waals surface area contributed by atoms with Crippen molar-refractivity contribution < 1.29 is 13.9 Å². The van der Waals surface area contributed by atoms with Gasteiger partial charge in [-0.1, -0.05) is 25.2 Å². The summed E-state index contributed by atoms with van der Waals surface area (Å²) >= 11 is 1.36. The third kappa shape index (κ3) is 4.28. The fourth-order valence-electron chi connectivity index (χ4n) is 1.87. The Morgan fingerprint density at radius 1 is 1.36 bits per heavy atom. The maximum atomic E-state index is 12.1. The maximum Gasteiger partial charge on any atom is 0.321 e. The number of furan rings is 1. The number of carbonyl (C=O) groups is 1. The molecule has 0 radical (unpaired) electrons. The molecule has 0 aliphatic carbocycles. The molecule has 0 saturated heterocycles. The van der Waals surface area contributed by atoms with Crippen LogP contribution >= 0.6 is 11.3 Å². The van der Waals surface area contributed by atoms with Crippen LogP contribution in [0.25, 0.3) is 0 Å². The van der Waals surface area contributed by atoms with Gasteiger partial charge < -0.3 is 14.5 Å². The smallest absolute Gasteiger partial charge is 0.321 e. The van der Waals surface area contributed by atoms with E-state index in [2.05, 4.69) is 20.8 Å². The highest BCUT2D eigenvalue weighted by Crippen LogP contribution is 2.19. The Bertz CT molecular complexity index is 611. The fourth-order valence-corrected chi connectivity index (χ4v) is 2.55. The van der Waals surface area contributed by atoms with E-state index in [0.717, 1.165) is 23.6 Å². The molecule has 1 atom stereocenters. The third-order valence-corrected chi connectivity index (χ3v) is 3.99. The summed E-state index contributed by atoms with van der Waals surface area (Å²) in [5.41, 5.74) is 0. The number of methoxy groups -OCH3 is 1. The molecule has 0 fully saturated rings. The number of hydrogen-bond acceptors (Lipinski definition) is 6. The second kappa shape index (κ2) is 7.90. The average molecular weight is 324 g/mol. The van der Waals surface area contributed by atoms with Gasteiger partial charge in [-0.25, -0.2) is 4.79 Å². The second-order valence-corrected chi connectivity index (χ2v) is 5.68. The Hall–Kier alpha value is -1.93. The van der Waals surface area contributed by atoms with Gasteiger partial charge in [0, 0.05) is 13.5 Å². The van der Waals surface area contributed by atoms with E-state index in [1.807, 2.05) is 26.0 Å². The molecule has 120 valence electrons. The molecular formula is C14H20N4O3S. The Kier molecular flexibility index (Phi) is 5.91. The number of anilines is 1. The van der Waals surface area contributed by atoms with Crippen LogP contribution in [0.2, 0.25) is 0 Å². The zero-order valence-electron chi connectivity index (χ0n) is 12.9. The van der Waals surface area contributed by atoms with Crippen molar-refractivity contribution in [3.8, 4) is 0 Å². The number of nitrogens with zero attached hydrogens (tertiary/aromatic N) is 2. The SMILES string of the molecule is CCc1ccc([C@@H](COC)NC(=O)Nc2nnc(CC)s2)o1. The molecule has 2 heterocycles. The number of hydrogen-bond donors (Lipinski definition) is 2. The Morgan fingerprint density at radius 2 is 2.18 bits per heavy atom. The normalized spacial score (nSPS) is 12.1. The molecule has 7 nitrogen and oxygen atoms in total. The Labute approximate surface area is 133 Å². The van der Waals surface area contributed by atoms with Gasteiger partial charge in [-0.2, -0.15) is 0 Å². The van der Waals surface area contributed by atoms with Crippen LogP contribution in [0.1, 0.15) is 36.4 Å². The van der Waals surface area contributed by atoms with Gasteiger partial charge in [0.15, 0.2) is 0 Å². The zero-order valence-corrected chi connectivity index (χ0v) is 13.7. The molecule has 8 heteroatoms. The molecule has 0 aromatic carbocycles. The van der Waals surface area contributed by atoms with Crippen LogP contribution in [0.5, 0.6) is 0 Å². The van der Waals surface area contributed by atoms with Crippen LogP contribution in [0.3, 0.4) is 0 Å². The second-order valence-electron chi connectivity index (χ2n) is 4.62. The Morgan fingerprint density at radius 3 is 2.77 bits per heavy atom. The van der Waals surface area contributed by atoms with Crippen LogP contribution in [0, 0.1) is 0 Å². The molecule has 2 rings (SSSR count). The van der Waals surface area contributed by atoms with Gasteiger partial charge in [-0.15, -0.1) is 10.2 Å². The minimum absolute atomic E-state index is 0.320. The van der Waals surface area contributed by atoms with Gasteiger partial charge in [0.2, 0.25) is 5.13 Å². The van der Waals surface area contributed by atoms with Crippen molar-refractivity contribution in [3.63, 3.8) is 0 Å². The van der Waals surface area contributed by atoms with Crippen molar-refractivity contribution in [1.82, 2.24) is 15.5 Å². The molecule has 0 spiro atoms. The monoisotopic (exact) mass is 324 g/mol. The number of nitrogens with one attached hydrogen (secondary N) is 2. The van der Waals surface area contributed by atoms with Crippen molar-refractivity contribution in [2.45, 2.75) is 32.7 Å². The minimum atomic E-state index is -0.365. The van der Waals surface area contributed by atoms with Crippen LogP contribution in [0.4, 0.5) is 9.93 Å². The summed E-state index contributed by atoms with van der Waals surface area (Å²) in [4.78, 5) is 12.1. The number of urea groups is 1. The van der Waals surface area contributed by atoms with E-state index in [1.54, 1.807) is 7.11 Å². The molecule has 0 bridgehead atoms. The first-order valence-corrected chi connectivity index (χ1v) is 7.95. The lowest BCUT2D eigenvalue weighted by molar-refractivity contribution is 0.158. The summed E-state index contributed by atoms with van der Waals surface area (Å²) in [6.07, 6.45) is 1.59. The molecular weight excluding hydrogens is 304 g/mol. The molecule has 2 aromatic heterocycles. The van der Waals surface area contributed by atoms with E-state index in [9.17, 15) is 4.79 Å².